The van der Waals surface area contributed by atoms with Gasteiger partial charge in [-0.25, -0.2) is 4.98 Å². The smallest absolute Gasteiger partial charge is 0.227 e. The quantitative estimate of drug-likeness (QED) is 0.546. The maximum absolute atomic E-state index is 4.96. The minimum absolute atomic E-state index is 0.627. The Morgan fingerprint density at radius 3 is 3.00 bits per heavy atom. The largest absolute Gasteiger partial charge is 0.480 e. The lowest BCUT2D eigenvalue weighted by Crippen LogP contribution is -1.87. The van der Waals surface area contributed by atoms with E-state index in [-0.39, 0.29) is 0 Å². The van der Waals surface area contributed by atoms with Gasteiger partial charge in [-0.3, -0.25) is 0 Å². The molecule has 0 spiro atoms. The van der Waals surface area contributed by atoms with E-state index in [2.05, 4.69) is 16.6 Å². The number of rotatable bonds is 2. The van der Waals surface area contributed by atoms with Crippen LogP contribution >= 0.6 is 22.5 Å². The first kappa shape index (κ1) is 7.75. The van der Waals surface area contributed by atoms with E-state index >= 15 is 0 Å². The lowest BCUT2D eigenvalue weighted by Gasteiger charge is -2.00. The van der Waals surface area contributed by atoms with E-state index in [4.69, 9.17) is 4.74 Å². The molecule has 0 saturated carbocycles. The van der Waals surface area contributed by atoms with Gasteiger partial charge in [0.25, 0.3) is 0 Å². The third-order valence-corrected chi connectivity index (χ3v) is 2.13. The molecule has 54 valence electrons. The molecule has 1 aromatic heterocycles. The second-order valence-electron chi connectivity index (χ2n) is 1.60. The van der Waals surface area contributed by atoms with E-state index < -0.39 is 0 Å². The maximum atomic E-state index is 4.96. The number of thiol groups is 1. The molecule has 4 heteroatoms. The van der Waals surface area contributed by atoms with Crippen LogP contribution in [0.4, 0.5) is 0 Å². The summed E-state index contributed by atoms with van der Waals surface area (Å²) in [5.74, 6) is 0.627. The van der Waals surface area contributed by atoms with Gasteiger partial charge in [0.1, 0.15) is 0 Å². The van der Waals surface area contributed by atoms with E-state index in [1.165, 1.54) is 10.8 Å². The molecule has 0 aliphatic heterocycles. The van der Waals surface area contributed by atoms with E-state index in [1.807, 2.05) is 12.1 Å². The molecule has 0 aliphatic carbocycles. The van der Waals surface area contributed by atoms with Crippen LogP contribution in [0.25, 0.3) is 0 Å². The number of ether oxygens (including phenoxy) is 1. The van der Waals surface area contributed by atoms with Crippen LogP contribution in [0.5, 0.6) is 5.88 Å². The summed E-state index contributed by atoms with van der Waals surface area (Å²) in [6.07, 6.45) is 1.69. The zero-order valence-corrected chi connectivity index (χ0v) is 7.15. The van der Waals surface area contributed by atoms with Crippen molar-refractivity contribution in [2.75, 3.05) is 7.11 Å². The molecule has 0 amide bonds. The fourth-order valence-corrected chi connectivity index (χ4v) is 1.37. The van der Waals surface area contributed by atoms with Gasteiger partial charge in [0.15, 0.2) is 0 Å². The monoisotopic (exact) mass is 173 g/mol. The lowest BCUT2D eigenvalue weighted by atomic mass is 10.5. The summed E-state index contributed by atoms with van der Waals surface area (Å²) in [5, 5.41) is 0. The molecule has 0 N–H and O–H groups in total. The first-order valence-electron chi connectivity index (χ1n) is 2.69. The first-order chi connectivity index (χ1) is 4.88. The Morgan fingerprint density at radius 2 is 2.50 bits per heavy atom. The number of hydrogen-bond acceptors (Lipinski definition) is 4. The van der Waals surface area contributed by atoms with Crippen molar-refractivity contribution in [1.82, 2.24) is 4.98 Å². The van der Waals surface area contributed by atoms with Gasteiger partial charge in [-0.15, -0.1) is 11.7 Å². The second-order valence-corrected chi connectivity index (χ2v) is 2.77. The normalized spacial score (nSPS) is 9.40. The highest BCUT2D eigenvalue weighted by molar-refractivity contribution is 8.68. The van der Waals surface area contributed by atoms with Gasteiger partial charge in [-0.05, 0) is 12.1 Å². The fourth-order valence-electron chi connectivity index (χ4n) is 0.599. The SMILES string of the molecule is COc1ncccc1SS. The molecule has 0 aromatic carbocycles. The van der Waals surface area contributed by atoms with E-state index in [0.717, 1.165) is 4.90 Å². The first-order valence-corrected chi connectivity index (χ1v) is 4.56. The van der Waals surface area contributed by atoms with E-state index in [9.17, 15) is 0 Å². The highest BCUT2D eigenvalue weighted by Gasteiger charge is 1.99. The van der Waals surface area contributed by atoms with Crippen LogP contribution in [0.15, 0.2) is 23.2 Å². The Bertz CT molecular complexity index is 194. The summed E-state index contributed by atoms with van der Waals surface area (Å²) >= 11 is 4.03. The van der Waals surface area contributed by atoms with Crippen molar-refractivity contribution < 1.29 is 4.74 Å². The molecule has 0 unspecified atom stereocenters. The average Bonchev–Trinajstić information content (AvgIpc) is 2.04. The number of pyridine rings is 1. The van der Waals surface area contributed by atoms with Crippen LogP contribution in [0.3, 0.4) is 0 Å². The van der Waals surface area contributed by atoms with Crippen molar-refractivity contribution in [1.29, 1.82) is 0 Å². The number of nitrogens with zero attached hydrogens (tertiary/aromatic N) is 1. The molecule has 1 heterocycles. The van der Waals surface area contributed by atoms with E-state index in [1.54, 1.807) is 13.3 Å². The lowest BCUT2D eigenvalue weighted by molar-refractivity contribution is 0.387. The molecule has 0 saturated heterocycles. The average molecular weight is 173 g/mol. The van der Waals surface area contributed by atoms with Crippen molar-refractivity contribution in [3.63, 3.8) is 0 Å². The van der Waals surface area contributed by atoms with Gasteiger partial charge in [0, 0.05) is 6.20 Å². The molecule has 0 bridgehead atoms. The summed E-state index contributed by atoms with van der Waals surface area (Å²) < 4.78 is 4.96. The third kappa shape index (κ3) is 1.58. The minimum Gasteiger partial charge on any atom is -0.480 e. The number of methoxy groups -OCH3 is 1. The van der Waals surface area contributed by atoms with Crippen LogP contribution in [0.1, 0.15) is 0 Å². The Morgan fingerprint density at radius 1 is 1.70 bits per heavy atom. The Kier molecular flexibility index (Phi) is 2.89. The summed E-state index contributed by atoms with van der Waals surface area (Å²) in [4.78, 5) is 4.91. The fraction of sp³-hybridized carbons (Fsp3) is 0.167. The molecule has 0 atom stereocenters. The molecule has 10 heavy (non-hydrogen) atoms. The van der Waals surface area contributed by atoms with Crippen LogP contribution in [-0.2, 0) is 0 Å². The van der Waals surface area contributed by atoms with Crippen molar-refractivity contribution >= 4 is 22.5 Å². The van der Waals surface area contributed by atoms with Gasteiger partial charge in [-0.1, -0.05) is 10.8 Å². The summed E-state index contributed by atoms with van der Waals surface area (Å²) in [6, 6.07) is 3.75. The van der Waals surface area contributed by atoms with E-state index in [0.29, 0.717) is 5.88 Å². The minimum atomic E-state index is 0.627. The molecular weight excluding hydrogens is 166 g/mol. The maximum Gasteiger partial charge on any atom is 0.227 e. The topological polar surface area (TPSA) is 22.1 Å². The molecular formula is C6H7NOS2. The zero-order chi connectivity index (χ0) is 7.40. The Hall–Kier alpha value is -0.350. The summed E-state index contributed by atoms with van der Waals surface area (Å²) in [7, 11) is 2.92. The van der Waals surface area contributed by atoms with Gasteiger partial charge in [0.05, 0.1) is 12.0 Å². The van der Waals surface area contributed by atoms with Crippen molar-refractivity contribution in [2.45, 2.75) is 4.90 Å². The van der Waals surface area contributed by atoms with Gasteiger partial charge >= 0.3 is 0 Å². The van der Waals surface area contributed by atoms with Crippen LogP contribution < -0.4 is 4.74 Å². The standard InChI is InChI=1S/C6H7NOS2/c1-8-6-5(10-9)3-2-4-7-6/h2-4,9H,1H3. The predicted molar refractivity (Wildman–Crippen MR) is 45.6 cm³/mol. The van der Waals surface area contributed by atoms with Crippen LogP contribution in [-0.4, -0.2) is 12.1 Å². The molecule has 1 rings (SSSR count). The van der Waals surface area contributed by atoms with Gasteiger partial charge in [0.2, 0.25) is 5.88 Å². The predicted octanol–water partition coefficient (Wildman–Crippen LogP) is 2.03. The molecule has 1 aromatic rings. The number of hydrogen-bond donors (Lipinski definition) is 1. The van der Waals surface area contributed by atoms with Crippen LogP contribution in [0, 0.1) is 0 Å². The van der Waals surface area contributed by atoms with Crippen LogP contribution in [0.2, 0.25) is 0 Å². The molecule has 0 aliphatic rings. The zero-order valence-electron chi connectivity index (χ0n) is 5.44. The highest BCUT2D eigenvalue weighted by Crippen LogP contribution is 2.28. The molecule has 0 fully saturated rings. The Balaban J connectivity index is 2.96. The van der Waals surface area contributed by atoms with Crippen molar-refractivity contribution in [2.24, 2.45) is 0 Å². The van der Waals surface area contributed by atoms with Crippen molar-refractivity contribution in [3.05, 3.63) is 18.3 Å². The second kappa shape index (κ2) is 3.73. The van der Waals surface area contributed by atoms with Gasteiger partial charge in [-0.2, -0.15) is 0 Å². The molecule has 0 radical (unpaired) electrons. The summed E-state index contributed by atoms with van der Waals surface area (Å²) in [5.41, 5.74) is 0. The Labute approximate surface area is 68.8 Å². The molecule has 2 nitrogen and oxygen atoms in total. The van der Waals surface area contributed by atoms with Crippen molar-refractivity contribution in [3.8, 4) is 5.88 Å². The third-order valence-electron chi connectivity index (χ3n) is 1.03. The van der Waals surface area contributed by atoms with Gasteiger partial charge < -0.3 is 4.74 Å². The number of aromatic nitrogens is 1. The highest BCUT2D eigenvalue weighted by atomic mass is 33.1. The summed E-state index contributed by atoms with van der Waals surface area (Å²) in [6.45, 7) is 0.